The topological polar surface area (TPSA) is 26.8 Å². The number of carbonyl (C=O) groups excluding carboxylic acids is 1. The van der Waals surface area contributed by atoms with E-state index in [0.29, 0.717) is 12.3 Å². The summed E-state index contributed by atoms with van der Waals surface area (Å²) in [6, 6.07) is 5.12. The SMILES string of the molecule is Cc1cc(C)c(CC(=O)N2CCN(C3CN4CCC3CC4)CC2)c(C)c1. The zero-order valence-corrected chi connectivity index (χ0v) is 16.6. The molecule has 0 spiro atoms. The molecule has 26 heavy (non-hydrogen) atoms. The molecule has 5 rings (SSSR count). The van der Waals surface area contributed by atoms with Gasteiger partial charge >= 0.3 is 0 Å². The lowest BCUT2D eigenvalue weighted by Gasteiger charge is -2.51. The second-order valence-electron chi connectivity index (χ2n) is 8.68. The van der Waals surface area contributed by atoms with Gasteiger partial charge in [0.25, 0.3) is 0 Å². The van der Waals surface area contributed by atoms with Gasteiger partial charge in [0.2, 0.25) is 5.91 Å². The fourth-order valence-corrected chi connectivity index (χ4v) is 5.40. The van der Waals surface area contributed by atoms with E-state index in [2.05, 4.69) is 47.6 Å². The van der Waals surface area contributed by atoms with E-state index in [1.165, 1.54) is 54.7 Å². The molecule has 0 aliphatic carbocycles. The Labute approximate surface area is 158 Å². The van der Waals surface area contributed by atoms with Crippen LogP contribution in [0.2, 0.25) is 0 Å². The highest BCUT2D eigenvalue weighted by Gasteiger charge is 2.38. The van der Waals surface area contributed by atoms with Crippen molar-refractivity contribution < 1.29 is 4.79 Å². The van der Waals surface area contributed by atoms with Crippen molar-refractivity contribution in [2.45, 2.75) is 46.1 Å². The van der Waals surface area contributed by atoms with Crippen molar-refractivity contribution in [1.82, 2.24) is 14.7 Å². The molecule has 4 aliphatic heterocycles. The first-order valence-corrected chi connectivity index (χ1v) is 10.3. The maximum atomic E-state index is 12.9. The molecule has 1 atom stereocenters. The van der Waals surface area contributed by atoms with Crippen molar-refractivity contribution in [2.75, 3.05) is 45.8 Å². The van der Waals surface area contributed by atoms with Crippen LogP contribution in [0.15, 0.2) is 12.1 Å². The molecule has 1 aromatic rings. The van der Waals surface area contributed by atoms with Gasteiger partial charge in [0.05, 0.1) is 6.42 Å². The van der Waals surface area contributed by atoms with Gasteiger partial charge in [0.15, 0.2) is 0 Å². The zero-order chi connectivity index (χ0) is 18.3. The normalized spacial score (nSPS) is 29.2. The Bertz CT molecular complexity index is 647. The second kappa shape index (κ2) is 7.32. The predicted octanol–water partition coefficient (Wildman–Crippen LogP) is 2.39. The maximum absolute atomic E-state index is 12.9. The summed E-state index contributed by atoms with van der Waals surface area (Å²) in [5.74, 6) is 1.19. The Morgan fingerprint density at radius 3 is 2.12 bits per heavy atom. The van der Waals surface area contributed by atoms with E-state index < -0.39 is 0 Å². The summed E-state index contributed by atoms with van der Waals surface area (Å²) in [5, 5.41) is 0. The highest BCUT2D eigenvalue weighted by atomic mass is 16.2. The Morgan fingerprint density at radius 2 is 1.58 bits per heavy atom. The van der Waals surface area contributed by atoms with Crippen LogP contribution >= 0.6 is 0 Å². The Balaban J connectivity index is 1.34. The molecular formula is C22H33N3O. The molecule has 0 saturated carbocycles. The fraction of sp³-hybridized carbons (Fsp3) is 0.682. The largest absolute Gasteiger partial charge is 0.340 e. The monoisotopic (exact) mass is 355 g/mol. The highest BCUT2D eigenvalue weighted by Crippen LogP contribution is 2.31. The maximum Gasteiger partial charge on any atom is 0.227 e. The Morgan fingerprint density at radius 1 is 0.962 bits per heavy atom. The Kier molecular flexibility index (Phi) is 5.07. The van der Waals surface area contributed by atoms with Crippen LogP contribution in [0.1, 0.15) is 35.1 Å². The number of benzene rings is 1. The number of amides is 1. The van der Waals surface area contributed by atoms with Crippen molar-refractivity contribution >= 4 is 5.91 Å². The third kappa shape index (κ3) is 3.54. The van der Waals surface area contributed by atoms with Gasteiger partial charge < -0.3 is 9.80 Å². The number of carbonyl (C=O) groups is 1. The molecule has 142 valence electrons. The first-order chi connectivity index (χ1) is 12.5. The molecule has 4 heteroatoms. The number of aryl methyl sites for hydroxylation is 3. The number of rotatable bonds is 3. The smallest absolute Gasteiger partial charge is 0.227 e. The van der Waals surface area contributed by atoms with Gasteiger partial charge in [-0.1, -0.05) is 17.7 Å². The molecule has 0 radical (unpaired) electrons. The number of hydrogen-bond acceptors (Lipinski definition) is 3. The van der Waals surface area contributed by atoms with Crippen molar-refractivity contribution in [3.8, 4) is 0 Å². The molecular weight excluding hydrogens is 322 g/mol. The van der Waals surface area contributed by atoms with Gasteiger partial charge in [-0.2, -0.15) is 0 Å². The molecule has 2 bridgehead atoms. The summed E-state index contributed by atoms with van der Waals surface area (Å²) in [5.41, 5.74) is 5.01. The van der Waals surface area contributed by atoms with E-state index in [9.17, 15) is 4.79 Å². The summed E-state index contributed by atoms with van der Waals surface area (Å²) in [6.07, 6.45) is 3.29. The first kappa shape index (κ1) is 18.0. The Hall–Kier alpha value is -1.39. The molecule has 1 unspecified atom stereocenters. The number of piperazine rings is 1. The summed E-state index contributed by atoms with van der Waals surface area (Å²) in [6.45, 7) is 14.1. The van der Waals surface area contributed by atoms with Crippen LogP contribution in [-0.2, 0) is 11.2 Å². The van der Waals surface area contributed by atoms with Crippen LogP contribution in [-0.4, -0.2) is 72.5 Å². The van der Waals surface area contributed by atoms with Gasteiger partial charge in [-0.05, 0) is 69.3 Å². The molecule has 4 saturated heterocycles. The van der Waals surface area contributed by atoms with Crippen molar-refractivity contribution in [3.63, 3.8) is 0 Å². The minimum absolute atomic E-state index is 0.300. The first-order valence-electron chi connectivity index (χ1n) is 10.3. The summed E-state index contributed by atoms with van der Waals surface area (Å²) < 4.78 is 0. The lowest BCUT2D eigenvalue weighted by molar-refractivity contribution is -0.133. The molecule has 0 N–H and O–H groups in total. The number of hydrogen-bond donors (Lipinski definition) is 0. The van der Waals surface area contributed by atoms with E-state index in [1.807, 2.05) is 0 Å². The van der Waals surface area contributed by atoms with Gasteiger partial charge in [0, 0.05) is 38.8 Å². The van der Waals surface area contributed by atoms with Crippen LogP contribution in [0, 0.1) is 26.7 Å². The minimum atomic E-state index is 0.300. The van der Waals surface area contributed by atoms with Crippen molar-refractivity contribution in [3.05, 3.63) is 34.4 Å². The molecule has 1 amide bonds. The fourth-order valence-electron chi connectivity index (χ4n) is 5.40. The van der Waals surface area contributed by atoms with Crippen LogP contribution in [0.5, 0.6) is 0 Å². The van der Waals surface area contributed by atoms with Crippen molar-refractivity contribution in [2.24, 2.45) is 5.92 Å². The molecule has 0 aromatic heterocycles. The third-order valence-electron chi connectivity index (χ3n) is 6.93. The van der Waals surface area contributed by atoms with E-state index in [1.54, 1.807) is 0 Å². The van der Waals surface area contributed by atoms with E-state index >= 15 is 0 Å². The summed E-state index contributed by atoms with van der Waals surface area (Å²) in [4.78, 5) is 20.3. The van der Waals surface area contributed by atoms with Crippen LogP contribution in [0.25, 0.3) is 0 Å². The highest BCUT2D eigenvalue weighted by molar-refractivity contribution is 5.79. The van der Waals surface area contributed by atoms with Crippen LogP contribution in [0.4, 0.5) is 0 Å². The molecule has 1 aromatic carbocycles. The predicted molar refractivity (Wildman–Crippen MR) is 105 cm³/mol. The van der Waals surface area contributed by atoms with Crippen LogP contribution in [0.3, 0.4) is 0 Å². The second-order valence-corrected chi connectivity index (χ2v) is 8.68. The van der Waals surface area contributed by atoms with Crippen LogP contribution < -0.4 is 0 Å². The molecule has 4 heterocycles. The minimum Gasteiger partial charge on any atom is -0.340 e. The van der Waals surface area contributed by atoms with Gasteiger partial charge in [0.1, 0.15) is 0 Å². The zero-order valence-electron chi connectivity index (χ0n) is 16.6. The average Bonchev–Trinajstić information content (AvgIpc) is 2.65. The average molecular weight is 356 g/mol. The quantitative estimate of drug-likeness (QED) is 0.833. The third-order valence-corrected chi connectivity index (χ3v) is 6.93. The lowest BCUT2D eigenvalue weighted by Crippen LogP contribution is -2.61. The van der Waals surface area contributed by atoms with Gasteiger partial charge in [-0.25, -0.2) is 0 Å². The lowest BCUT2D eigenvalue weighted by atomic mass is 9.83. The van der Waals surface area contributed by atoms with Gasteiger partial charge in [-0.3, -0.25) is 9.69 Å². The van der Waals surface area contributed by atoms with E-state index in [-0.39, 0.29) is 0 Å². The standard InChI is InChI=1S/C22H33N3O/c1-16-12-17(2)20(18(3)13-16)14-22(26)25-10-8-24(9-11-25)21-15-23-6-4-19(21)5-7-23/h12-13,19,21H,4-11,14-15H2,1-3H3. The molecule has 4 aliphatic rings. The molecule has 4 nitrogen and oxygen atoms in total. The molecule has 4 fully saturated rings. The van der Waals surface area contributed by atoms with Crippen molar-refractivity contribution in [1.29, 1.82) is 0 Å². The van der Waals surface area contributed by atoms with E-state index in [0.717, 1.165) is 38.1 Å². The summed E-state index contributed by atoms with van der Waals surface area (Å²) >= 11 is 0. The number of piperidine rings is 3. The number of fused-ring (bicyclic) bond motifs is 3. The van der Waals surface area contributed by atoms with E-state index in [4.69, 9.17) is 0 Å². The summed E-state index contributed by atoms with van der Waals surface area (Å²) in [7, 11) is 0. The number of nitrogens with zero attached hydrogens (tertiary/aromatic N) is 3. The van der Waals surface area contributed by atoms with Gasteiger partial charge in [-0.15, -0.1) is 0 Å².